The quantitative estimate of drug-likeness (QED) is 0.401. The van der Waals surface area contributed by atoms with Crippen LogP contribution in [-0.2, 0) is 19.1 Å². The molecule has 4 rings (SSSR count). The van der Waals surface area contributed by atoms with Gasteiger partial charge >= 0.3 is 12.0 Å². The largest absolute Gasteiger partial charge is 0.454 e. The Labute approximate surface area is 208 Å². The fourth-order valence-electron chi connectivity index (χ4n) is 4.42. The molecule has 1 saturated carbocycles. The Morgan fingerprint density at radius 2 is 1.64 bits per heavy atom. The SMILES string of the molecule is CC1CCC2(CC1)NC(=O)N(NC(=O)COC(=O)C(NC(=O)c1ccccc1)c1ccccc1)C2=O. The summed E-state index contributed by atoms with van der Waals surface area (Å²) in [4.78, 5) is 63.3. The molecule has 1 heterocycles. The molecule has 1 aliphatic carbocycles. The summed E-state index contributed by atoms with van der Waals surface area (Å²) < 4.78 is 5.15. The van der Waals surface area contributed by atoms with Crippen LogP contribution in [0, 0.1) is 5.92 Å². The van der Waals surface area contributed by atoms with Crippen molar-refractivity contribution < 1.29 is 28.7 Å². The van der Waals surface area contributed by atoms with Gasteiger partial charge in [0.05, 0.1) is 0 Å². The van der Waals surface area contributed by atoms with E-state index in [4.69, 9.17) is 4.74 Å². The van der Waals surface area contributed by atoms with Gasteiger partial charge < -0.3 is 15.4 Å². The topological polar surface area (TPSA) is 134 Å². The molecule has 0 radical (unpaired) electrons. The van der Waals surface area contributed by atoms with E-state index in [1.54, 1.807) is 60.7 Å². The lowest BCUT2D eigenvalue weighted by atomic mass is 9.77. The molecule has 1 aliphatic heterocycles. The van der Waals surface area contributed by atoms with E-state index in [2.05, 4.69) is 23.0 Å². The molecular formula is C26H28N4O6. The predicted molar refractivity (Wildman–Crippen MR) is 128 cm³/mol. The molecule has 1 saturated heterocycles. The first-order valence-corrected chi connectivity index (χ1v) is 11.8. The molecule has 2 fully saturated rings. The van der Waals surface area contributed by atoms with E-state index >= 15 is 0 Å². The van der Waals surface area contributed by atoms with Crippen molar-refractivity contribution >= 4 is 29.7 Å². The zero-order valence-corrected chi connectivity index (χ0v) is 19.9. The molecule has 1 atom stereocenters. The number of carbonyl (C=O) groups excluding carboxylic acids is 5. The fraction of sp³-hybridized carbons (Fsp3) is 0.346. The Hall–Kier alpha value is -4.21. The lowest BCUT2D eigenvalue weighted by Gasteiger charge is -2.33. The van der Waals surface area contributed by atoms with Crippen LogP contribution in [-0.4, -0.2) is 46.9 Å². The number of ether oxygens (including phenoxy) is 1. The number of hydrogen-bond donors (Lipinski definition) is 3. The highest BCUT2D eigenvalue weighted by Gasteiger charge is 2.52. The van der Waals surface area contributed by atoms with Crippen molar-refractivity contribution in [2.75, 3.05) is 6.61 Å². The first kappa shape index (κ1) is 24.9. The summed E-state index contributed by atoms with van der Waals surface area (Å²) in [5, 5.41) is 5.98. The van der Waals surface area contributed by atoms with Gasteiger partial charge in [0.1, 0.15) is 5.54 Å². The molecule has 10 nitrogen and oxygen atoms in total. The van der Waals surface area contributed by atoms with Crippen molar-refractivity contribution in [2.24, 2.45) is 5.92 Å². The minimum absolute atomic E-state index is 0.355. The molecule has 2 aromatic carbocycles. The van der Waals surface area contributed by atoms with Gasteiger partial charge in [-0.15, -0.1) is 0 Å². The number of amides is 5. The molecule has 0 aromatic heterocycles. The van der Waals surface area contributed by atoms with Gasteiger partial charge in [0, 0.05) is 5.56 Å². The number of hydrogen-bond acceptors (Lipinski definition) is 6. The van der Waals surface area contributed by atoms with Gasteiger partial charge in [-0.25, -0.2) is 9.59 Å². The number of nitrogens with one attached hydrogen (secondary N) is 3. The predicted octanol–water partition coefficient (Wildman–Crippen LogP) is 2.23. The second-order valence-corrected chi connectivity index (χ2v) is 9.16. The Balaban J connectivity index is 1.37. The molecule has 2 aromatic rings. The number of hydrazine groups is 1. The van der Waals surface area contributed by atoms with Crippen molar-refractivity contribution in [3.05, 3.63) is 71.8 Å². The van der Waals surface area contributed by atoms with Crippen LogP contribution in [0.25, 0.3) is 0 Å². The first-order chi connectivity index (χ1) is 17.3. The monoisotopic (exact) mass is 492 g/mol. The summed E-state index contributed by atoms with van der Waals surface area (Å²) in [5.41, 5.74) is 2.05. The van der Waals surface area contributed by atoms with Gasteiger partial charge in [-0.1, -0.05) is 55.5 Å². The zero-order valence-electron chi connectivity index (χ0n) is 19.9. The number of benzene rings is 2. The van der Waals surface area contributed by atoms with Crippen molar-refractivity contribution in [1.29, 1.82) is 0 Å². The van der Waals surface area contributed by atoms with Crippen molar-refractivity contribution in [1.82, 2.24) is 21.1 Å². The van der Waals surface area contributed by atoms with E-state index in [-0.39, 0.29) is 0 Å². The molecule has 3 N–H and O–H groups in total. The third-order valence-corrected chi connectivity index (χ3v) is 6.55. The Bertz CT molecular complexity index is 1150. The van der Waals surface area contributed by atoms with E-state index in [1.165, 1.54) is 0 Å². The highest BCUT2D eigenvalue weighted by molar-refractivity contribution is 6.08. The number of rotatable bonds is 7. The molecule has 2 aliphatic rings. The minimum Gasteiger partial charge on any atom is -0.454 e. The smallest absolute Gasteiger partial charge is 0.344 e. The van der Waals surface area contributed by atoms with Crippen molar-refractivity contribution in [2.45, 2.75) is 44.2 Å². The lowest BCUT2D eigenvalue weighted by molar-refractivity contribution is -0.152. The van der Waals surface area contributed by atoms with Gasteiger partial charge in [-0.2, -0.15) is 5.01 Å². The minimum atomic E-state index is -1.17. The molecule has 188 valence electrons. The van der Waals surface area contributed by atoms with Crippen molar-refractivity contribution in [3.8, 4) is 0 Å². The molecular weight excluding hydrogens is 464 g/mol. The lowest BCUT2D eigenvalue weighted by Crippen LogP contribution is -2.52. The van der Waals surface area contributed by atoms with E-state index in [0.29, 0.717) is 34.9 Å². The van der Waals surface area contributed by atoms with Crippen LogP contribution in [0.15, 0.2) is 60.7 Å². The molecule has 1 spiro atoms. The average Bonchev–Trinajstić information content (AvgIpc) is 3.12. The summed E-state index contributed by atoms with van der Waals surface area (Å²) >= 11 is 0. The highest BCUT2D eigenvalue weighted by Crippen LogP contribution is 2.35. The van der Waals surface area contributed by atoms with Gasteiger partial charge in [-0.3, -0.25) is 19.8 Å². The van der Waals surface area contributed by atoms with Crippen LogP contribution in [0.5, 0.6) is 0 Å². The number of nitrogens with zero attached hydrogens (tertiary/aromatic N) is 1. The molecule has 5 amide bonds. The second kappa shape index (κ2) is 10.6. The normalized spacial score (nSPS) is 22.0. The van der Waals surface area contributed by atoms with Crippen LogP contribution in [0.2, 0.25) is 0 Å². The Morgan fingerprint density at radius 3 is 2.28 bits per heavy atom. The van der Waals surface area contributed by atoms with E-state index < -0.39 is 47.9 Å². The van der Waals surface area contributed by atoms with E-state index in [9.17, 15) is 24.0 Å². The average molecular weight is 493 g/mol. The summed E-state index contributed by atoms with van der Waals surface area (Å²) in [5.74, 6) is -2.26. The summed E-state index contributed by atoms with van der Waals surface area (Å²) in [6.07, 6.45) is 2.59. The van der Waals surface area contributed by atoms with Gasteiger partial charge in [0.2, 0.25) is 0 Å². The maximum Gasteiger partial charge on any atom is 0.344 e. The van der Waals surface area contributed by atoms with Crippen LogP contribution in [0.3, 0.4) is 0 Å². The van der Waals surface area contributed by atoms with Crippen LogP contribution in [0.1, 0.15) is 54.6 Å². The Morgan fingerprint density at radius 1 is 1.03 bits per heavy atom. The number of esters is 1. The van der Waals surface area contributed by atoms with Crippen LogP contribution < -0.4 is 16.1 Å². The zero-order chi connectivity index (χ0) is 25.7. The second-order valence-electron chi connectivity index (χ2n) is 9.16. The number of urea groups is 1. The Kier molecular flexibility index (Phi) is 7.33. The summed E-state index contributed by atoms with van der Waals surface area (Å²) in [6.45, 7) is 1.34. The number of imide groups is 1. The van der Waals surface area contributed by atoms with E-state index in [1.807, 2.05) is 0 Å². The van der Waals surface area contributed by atoms with Crippen LogP contribution >= 0.6 is 0 Å². The van der Waals surface area contributed by atoms with Gasteiger partial charge in [-0.05, 0) is 49.3 Å². The molecule has 10 heteroatoms. The third kappa shape index (κ3) is 5.37. The maximum absolute atomic E-state index is 12.9. The molecule has 1 unspecified atom stereocenters. The molecule has 0 bridgehead atoms. The van der Waals surface area contributed by atoms with E-state index in [0.717, 1.165) is 12.8 Å². The standard InChI is InChI=1S/C26H28N4O6/c1-17-12-14-26(15-13-17)24(34)30(25(35)28-26)29-20(31)16-36-23(33)21(18-8-4-2-5-9-18)27-22(32)19-10-6-3-7-11-19/h2-11,17,21H,12-16H2,1H3,(H,27,32)(H,28,35)(H,29,31). The first-order valence-electron chi connectivity index (χ1n) is 11.8. The number of carbonyl (C=O) groups is 5. The van der Waals surface area contributed by atoms with Gasteiger partial charge in [0.15, 0.2) is 12.6 Å². The summed E-state index contributed by atoms with van der Waals surface area (Å²) in [6, 6.07) is 14.9. The maximum atomic E-state index is 12.9. The fourth-order valence-corrected chi connectivity index (χ4v) is 4.42. The highest BCUT2D eigenvalue weighted by atomic mass is 16.5. The summed E-state index contributed by atoms with van der Waals surface area (Å²) in [7, 11) is 0. The third-order valence-electron chi connectivity index (χ3n) is 6.55. The molecule has 36 heavy (non-hydrogen) atoms. The van der Waals surface area contributed by atoms with Gasteiger partial charge in [0.25, 0.3) is 17.7 Å². The van der Waals surface area contributed by atoms with Crippen LogP contribution in [0.4, 0.5) is 4.79 Å². The van der Waals surface area contributed by atoms with Crippen molar-refractivity contribution in [3.63, 3.8) is 0 Å².